The second kappa shape index (κ2) is 8.17. The molecule has 3 aromatic rings. The minimum Gasteiger partial charge on any atom is -0.344 e. The number of hydrogen-bond acceptors (Lipinski definition) is 4. The van der Waals surface area contributed by atoms with E-state index in [9.17, 15) is 4.79 Å². The summed E-state index contributed by atoms with van der Waals surface area (Å²) in [5, 5.41) is 6.75. The maximum Gasteiger partial charge on any atom is 0.270 e. The highest BCUT2D eigenvalue weighted by molar-refractivity contribution is 6.39. The maximum absolute atomic E-state index is 12.5. The topological polar surface area (TPSA) is 66.9 Å². The molecule has 0 spiro atoms. The smallest absolute Gasteiger partial charge is 0.270 e. The van der Waals surface area contributed by atoms with Crippen molar-refractivity contribution in [1.82, 2.24) is 15.3 Å². The van der Waals surface area contributed by atoms with Crippen LogP contribution < -0.4 is 10.6 Å². The molecule has 2 N–H and O–H groups in total. The van der Waals surface area contributed by atoms with Gasteiger partial charge in [0.25, 0.3) is 5.91 Å². The molecule has 0 radical (unpaired) electrons. The fourth-order valence-corrected chi connectivity index (χ4v) is 2.86. The van der Waals surface area contributed by atoms with Crippen LogP contribution in [0, 0.1) is 0 Å². The Morgan fingerprint density at radius 2 is 1.69 bits per heavy atom. The number of anilines is 2. The molecule has 3 rings (SSSR count). The Balaban J connectivity index is 1.75. The number of carbonyl (C=O) groups excluding carboxylic acids is 1. The van der Waals surface area contributed by atoms with Crippen LogP contribution >= 0.6 is 23.2 Å². The lowest BCUT2D eigenvalue weighted by Gasteiger charge is -2.14. The van der Waals surface area contributed by atoms with Crippen LogP contribution in [0.25, 0.3) is 0 Å². The Kier molecular flexibility index (Phi) is 5.71. The van der Waals surface area contributed by atoms with Gasteiger partial charge in [0, 0.05) is 6.20 Å². The van der Waals surface area contributed by atoms with Crippen molar-refractivity contribution < 1.29 is 4.79 Å². The molecule has 1 aromatic heterocycles. The second-order valence-electron chi connectivity index (χ2n) is 5.59. The highest BCUT2D eigenvalue weighted by atomic mass is 35.5. The summed E-state index contributed by atoms with van der Waals surface area (Å²) >= 11 is 12.3. The monoisotopic (exact) mass is 386 g/mol. The van der Waals surface area contributed by atoms with Gasteiger partial charge in [-0.2, -0.15) is 0 Å². The number of amides is 1. The van der Waals surface area contributed by atoms with E-state index in [4.69, 9.17) is 23.2 Å². The Bertz CT molecular complexity index is 898. The fraction of sp³-hybridized carbons (Fsp3) is 0.105. The molecule has 1 atom stereocenters. The summed E-state index contributed by atoms with van der Waals surface area (Å²) in [7, 11) is 0. The van der Waals surface area contributed by atoms with Gasteiger partial charge in [-0.1, -0.05) is 59.6 Å². The molecule has 1 unspecified atom stereocenters. The molecule has 0 aliphatic rings. The van der Waals surface area contributed by atoms with Crippen LogP contribution in [0.2, 0.25) is 10.0 Å². The van der Waals surface area contributed by atoms with E-state index in [0.29, 0.717) is 15.7 Å². The van der Waals surface area contributed by atoms with Gasteiger partial charge >= 0.3 is 0 Å². The van der Waals surface area contributed by atoms with E-state index < -0.39 is 0 Å². The van der Waals surface area contributed by atoms with Crippen molar-refractivity contribution in [2.75, 3.05) is 5.32 Å². The van der Waals surface area contributed by atoms with Crippen molar-refractivity contribution in [3.63, 3.8) is 0 Å². The lowest BCUT2D eigenvalue weighted by Crippen LogP contribution is -2.27. The molecule has 0 fully saturated rings. The lowest BCUT2D eigenvalue weighted by molar-refractivity contribution is 0.0935. The number of para-hydroxylation sites is 1. The molecule has 0 aliphatic heterocycles. The van der Waals surface area contributed by atoms with Crippen LogP contribution in [0.4, 0.5) is 11.6 Å². The molecule has 0 saturated heterocycles. The largest absolute Gasteiger partial charge is 0.344 e. The molecule has 5 nitrogen and oxygen atoms in total. The highest BCUT2D eigenvalue weighted by Crippen LogP contribution is 2.31. The van der Waals surface area contributed by atoms with Crippen LogP contribution in [0.15, 0.2) is 60.8 Å². The molecule has 0 aliphatic carbocycles. The van der Waals surface area contributed by atoms with Gasteiger partial charge in [0.2, 0.25) is 5.95 Å². The van der Waals surface area contributed by atoms with E-state index in [1.165, 1.54) is 6.20 Å². The van der Waals surface area contributed by atoms with Crippen molar-refractivity contribution in [2.24, 2.45) is 0 Å². The summed E-state index contributed by atoms with van der Waals surface area (Å²) in [6, 6.07) is 16.2. The minimum absolute atomic E-state index is 0.145. The second-order valence-corrected chi connectivity index (χ2v) is 6.41. The van der Waals surface area contributed by atoms with Crippen molar-refractivity contribution in [1.29, 1.82) is 0 Å². The van der Waals surface area contributed by atoms with Crippen molar-refractivity contribution >= 4 is 40.7 Å². The third-order valence-electron chi connectivity index (χ3n) is 3.73. The SMILES string of the molecule is CC(NC(=O)c1ccnc(Nc2c(Cl)cccc2Cl)n1)c1ccccc1. The molecule has 132 valence electrons. The highest BCUT2D eigenvalue weighted by Gasteiger charge is 2.14. The average molecular weight is 387 g/mol. The van der Waals surface area contributed by atoms with E-state index in [0.717, 1.165) is 5.56 Å². The first-order valence-corrected chi connectivity index (χ1v) is 8.70. The first kappa shape index (κ1) is 18.2. The standard InChI is InChI=1S/C19H16Cl2N4O/c1-12(13-6-3-2-4-7-13)23-18(26)16-10-11-22-19(24-16)25-17-14(20)8-5-9-15(17)21/h2-12H,1H3,(H,23,26)(H,22,24,25). The number of aromatic nitrogens is 2. The number of halogens is 2. The molecule has 1 amide bonds. The van der Waals surface area contributed by atoms with Crippen LogP contribution in [0.1, 0.15) is 29.0 Å². The Morgan fingerprint density at radius 1 is 1.00 bits per heavy atom. The summed E-state index contributed by atoms with van der Waals surface area (Å²) in [6.07, 6.45) is 1.50. The number of rotatable bonds is 5. The molecule has 0 saturated carbocycles. The Morgan fingerprint density at radius 3 is 2.38 bits per heavy atom. The molecule has 0 bridgehead atoms. The van der Waals surface area contributed by atoms with Gasteiger partial charge in [-0.3, -0.25) is 4.79 Å². The molecular formula is C19H16Cl2N4O. The van der Waals surface area contributed by atoms with Crippen molar-refractivity contribution in [2.45, 2.75) is 13.0 Å². The van der Waals surface area contributed by atoms with Crippen LogP contribution in [0.5, 0.6) is 0 Å². The van der Waals surface area contributed by atoms with Crippen molar-refractivity contribution in [3.05, 3.63) is 82.1 Å². The zero-order valence-corrected chi connectivity index (χ0v) is 15.4. The zero-order valence-electron chi connectivity index (χ0n) is 13.9. The van der Waals surface area contributed by atoms with E-state index in [-0.39, 0.29) is 23.6 Å². The van der Waals surface area contributed by atoms with Gasteiger partial charge in [0.05, 0.1) is 21.8 Å². The Hall–Kier alpha value is -2.63. The van der Waals surface area contributed by atoms with E-state index in [1.807, 2.05) is 37.3 Å². The summed E-state index contributed by atoms with van der Waals surface area (Å²) in [5.74, 6) is -0.0583. The van der Waals surface area contributed by atoms with Gasteiger partial charge in [-0.25, -0.2) is 9.97 Å². The van der Waals surface area contributed by atoms with E-state index in [1.54, 1.807) is 24.3 Å². The molecule has 7 heteroatoms. The van der Waals surface area contributed by atoms with Gasteiger partial charge < -0.3 is 10.6 Å². The van der Waals surface area contributed by atoms with Gasteiger partial charge in [-0.15, -0.1) is 0 Å². The number of hydrogen-bond donors (Lipinski definition) is 2. The van der Waals surface area contributed by atoms with Crippen molar-refractivity contribution in [3.8, 4) is 0 Å². The molecule has 1 heterocycles. The Labute approximate surface area is 161 Å². The zero-order chi connectivity index (χ0) is 18.5. The minimum atomic E-state index is -0.294. The van der Waals surface area contributed by atoms with Crippen LogP contribution in [-0.4, -0.2) is 15.9 Å². The maximum atomic E-state index is 12.5. The van der Waals surface area contributed by atoms with Gasteiger partial charge in [-0.05, 0) is 30.7 Å². The first-order chi connectivity index (χ1) is 12.5. The van der Waals surface area contributed by atoms with Gasteiger partial charge in [0.15, 0.2) is 0 Å². The number of benzene rings is 2. The predicted molar refractivity (Wildman–Crippen MR) is 104 cm³/mol. The van der Waals surface area contributed by atoms with Crippen LogP contribution in [-0.2, 0) is 0 Å². The number of nitrogens with one attached hydrogen (secondary N) is 2. The lowest BCUT2D eigenvalue weighted by atomic mass is 10.1. The first-order valence-electron chi connectivity index (χ1n) is 7.94. The molecule has 26 heavy (non-hydrogen) atoms. The molecule has 2 aromatic carbocycles. The summed E-state index contributed by atoms with van der Waals surface area (Å²) in [4.78, 5) is 20.8. The predicted octanol–water partition coefficient (Wildman–Crippen LogP) is 5.02. The number of nitrogens with zero attached hydrogens (tertiary/aromatic N) is 2. The normalized spacial score (nSPS) is 11.7. The van der Waals surface area contributed by atoms with Crippen LogP contribution in [0.3, 0.4) is 0 Å². The number of carbonyl (C=O) groups is 1. The third-order valence-corrected chi connectivity index (χ3v) is 4.36. The van der Waals surface area contributed by atoms with Gasteiger partial charge in [0.1, 0.15) is 5.69 Å². The van der Waals surface area contributed by atoms with E-state index in [2.05, 4.69) is 20.6 Å². The summed E-state index contributed by atoms with van der Waals surface area (Å²) < 4.78 is 0. The van der Waals surface area contributed by atoms with E-state index >= 15 is 0 Å². The average Bonchev–Trinajstić information content (AvgIpc) is 2.66. The molecular weight excluding hydrogens is 371 g/mol. The third kappa shape index (κ3) is 4.31. The quantitative estimate of drug-likeness (QED) is 0.645. The summed E-state index contributed by atoms with van der Waals surface area (Å²) in [6.45, 7) is 1.91. The fourth-order valence-electron chi connectivity index (χ4n) is 2.37. The summed E-state index contributed by atoms with van der Waals surface area (Å²) in [5.41, 5.74) is 1.75.